The molecule has 3 N–H and O–H groups in total. The maximum Gasteiger partial charge on any atom is 0.118 e. The molecular weight excluding hydrogens is 150 g/mol. The Morgan fingerprint density at radius 3 is 2.92 bits per heavy atom. The molecule has 0 aliphatic carbocycles. The van der Waals surface area contributed by atoms with Crippen molar-refractivity contribution in [3.05, 3.63) is 30.0 Å². The number of nitriles is 1. The van der Waals surface area contributed by atoms with Crippen LogP contribution in [0.4, 0.5) is 5.69 Å². The maximum absolute atomic E-state index is 8.61. The molecule has 12 heavy (non-hydrogen) atoms. The quantitative estimate of drug-likeness (QED) is 0.570. The van der Waals surface area contributed by atoms with Crippen molar-refractivity contribution in [1.29, 1.82) is 5.26 Å². The lowest BCUT2D eigenvalue weighted by Gasteiger charge is -1.92. The molecule has 0 aliphatic rings. The van der Waals surface area contributed by atoms with Crippen LogP contribution < -0.4 is 5.73 Å². The van der Waals surface area contributed by atoms with Gasteiger partial charge in [-0.2, -0.15) is 5.26 Å². The van der Waals surface area contributed by atoms with Crippen LogP contribution >= 0.6 is 0 Å². The zero-order valence-corrected chi connectivity index (χ0v) is 6.33. The SMILES string of the molecule is N#Cc1cc2c(N)cccc2[nH]1. The van der Waals surface area contributed by atoms with Gasteiger partial charge in [0, 0.05) is 16.6 Å². The van der Waals surface area contributed by atoms with Crippen molar-refractivity contribution in [2.75, 3.05) is 5.73 Å². The Morgan fingerprint density at radius 1 is 1.42 bits per heavy atom. The Morgan fingerprint density at radius 2 is 2.25 bits per heavy atom. The number of benzene rings is 1. The van der Waals surface area contributed by atoms with E-state index in [0.717, 1.165) is 10.9 Å². The standard InChI is InChI=1S/C9H7N3/c10-5-6-4-7-8(11)2-1-3-9(7)12-6/h1-4,12H,11H2. The Hall–Kier alpha value is -1.95. The van der Waals surface area contributed by atoms with Gasteiger partial charge in [0.15, 0.2) is 0 Å². The van der Waals surface area contributed by atoms with Crippen molar-refractivity contribution in [3.63, 3.8) is 0 Å². The van der Waals surface area contributed by atoms with E-state index in [1.807, 2.05) is 24.3 Å². The summed E-state index contributed by atoms with van der Waals surface area (Å²) in [5, 5.41) is 9.52. The summed E-state index contributed by atoms with van der Waals surface area (Å²) in [6, 6.07) is 9.36. The minimum absolute atomic E-state index is 0.544. The topological polar surface area (TPSA) is 65.6 Å². The lowest BCUT2D eigenvalue weighted by atomic mass is 10.2. The number of hydrogen-bond acceptors (Lipinski definition) is 2. The van der Waals surface area contributed by atoms with Crippen LogP contribution in [0.5, 0.6) is 0 Å². The molecule has 2 rings (SSSR count). The van der Waals surface area contributed by atoms with Gasteiger partial charge < -0.3 is 10.7 Å². The summed E-state index contributed by atoms with van der Waals surface area (Å²) in [5.41, 5.74) is 7.85. The molecule has 3 nitrogen and oxygen atoms in total. The summed E-state index contributed by atoms with van der Waals surface area (Å²) in [6.07, 6.45) is 0. The zero-order valence-electron chi connectivity index (χ0n) is 6.33. The van der Waals surface area contributed by atoms with Crippen LogP contribution in [0.3, 0.4) is 0 Å². The van der Waals surface area contributed by atoms with Crippen molar-refractivity contribution >= 4 is 16.6 Å². The number of aromatic amines is 1. The van der Waals surface area contributed by atoms with E-state index in [-0.39, 0.29) is 0 Å². The van der Waals surface area contributed by atoms with Crippen molar-refractivity contribution in [1.82, 2.24) is 4.98 Å². The number of nitrogens with one attached hydrogen (secondary N) is 1. The molecule has 58 valence electrons. The molecule has 2 aromatic rings. The Bertz CT molecular complexity index is 462. The van der Waals surface area contributed by atoms with E-state index in [1.165, 1.54) is 0 Å². The van der Waals surface area contributed by atoms with E-state index in [0.29, 0.717) is 11.4 Å². The predicted molar refractivity (Wildman–Crippen MR) is 47.4 cm³/mol. The lowest BCUT2D eigenvalue weighted by Crippen LogP contribution is -1.82. The van der Waals surface area contributed by atoms with E-state index in [9.17, 15) is 0 Å². The molecule has 0 saturated carbocycles. The molecule has 0 bridgehead atoms. The van der Waals surface area contributed by atoms with Gasteiger partial charge >= 0.3 is 0 Å². The number of aromatic nitrogens is 1. The first-order valence-corrected chi connectivity index (χ1v) is 3.58. The first-order chi connectivity index (χ1) is 5.81. The molecular formula is C9H7N3. The highest BCUT2D eigenvalue weighted by atomic mass is 14.7. The average molecular weight is 157 g/mol. The molecule has 1 aromatic carbocycles. The van der Waals surface area contributed by atoms with Crippen LogP contribution in [-0.4, -0.2) is 4.98 Å². The summed E-state index contributed by atoms with van der Waals surface area (Å²) in [7, 11) is 0. The number of nitrogen functional groups attached to an aromatic ring is 1. The fraction of sp³-hybridized carbons (Fsp3) is 0. The van der Waals surface area contributed by atoms with Gasteiger partial charge in [-0.1, -0.05) is 6.07 Å². The van der Waals surface area contributed by atoms with Gasteiger partial charge in [-0.15, -0.1) is 0 Å². The van der Waals surface area contributed by atoms with E-state index >= 15 is 0 Å². The van der Waals surface area contributed by atoms with Crippen molar-refractivity contribution in [2.24, 2.45) is 0 Å². The number of fused-ring (bicyclic) bond motifs is 1. The summed E-state index contributed by atoms with van der Waals surface area (Å²) >= 11 is 0. The first kappa shape index (κ1) is 6.74. The van der Waals surface area contributed by atoms with Gasteiger partial charge in [0.25, 0.3) is 0 Å². The molecule has 0 amide bonds. The van der Waals surface area contributed by atoms with E-state index in [4.69, 9.17) is 11.0 Å². The highest BCUT2D eigenvalue weighted by Crippen LogP contribution is 2.20. The highest BCUT2D eigenvalue weighted by molar-refractivity contribution is 5.91. The van der Waals surface area contributed by atoms with Gasteiger partial charge in [-0.25, -0.2) is 0 Å². The fourth-order valence-corrected chi connectivity index (χ4v) is 1.24. The van der Waals surface area contributed by atoms with Crippen molar-refractivity contribution in [2.45, 2.75) is 0 Å². The third-order valence-electron chi connectivity index (χ3n) is 1.82. The first-order valence-electron chi connectivity index (χ1n) is 3.58. The molecule has 0 unspecified atom stereocenters. The highest BCUT2D eigenvalue weighted by Gasteiger charge is 2.00. The number of hydrogen-bond donors (Lipinski definition) is 2. The Kier molecular flexibility index (Phi) is 1.28. The van der Waals surface area contributed by atoms with Crippen LogP contribution in [0.2, 0.25) is 0 Å². The summed E-state index contributed by atoms with van der Waals surface area (Å²) in [6.45, 7) is 0. The largest absolute Gasteiger partial charge is 0.398 e. The van der Waals surface area contributed by atoms with Gasteiger partial charge in [-0.05, 0) is 18.2 Å². The van der Waals surface area contributed by atoms with Crippen LogP contribution in [0.1, 0.15) is 5.69 Å². The van der Waals surface area contributed by atoms with Crippen LogP contribution in [-0.2, 0) is 0 Å². The molecule has 0 saturated heterocycles. The van der Waals surface area contributed by atoms with Gasteiger partial charge in [-0.3, -0.25) is 0 Å². The van der Waals surface area contributed by atoms with Gasteiger partial charge in [0.2, 0.25) is 0 Å². The molecule has 0 radical (unpaired) electrons. The number of rotatable bonds is 0. The number of H-pyrrole nitrogens is 1. The normalized spacial score (nSPS) is 9.92. The van der Waals surface area contributed by atoms with Crippen molar-refractivity contribution < 1.29 is 0 Å². The van der Waals surface area contributed by atoms with Gasteiger partial charge in [0.1, 0.15) is 11.8 Å². The van der Waals surface area contributed by atoms with Gasteiger partial charge in [0.05, 0.1) is 0 Å². The molecule has 1 aromatic heterocycles. The smallest absolute Gasteiger partial charge is 0.118 e. The number of nitrogens with two attached hydrogens (primary N) is 1. The Balaban J connectivity index is 2.85. The van der Waals surface area contributed by atoms with Crippen molar-refractivity contribution in [3.8, 4) is 6.07 Å². The molecule has 1 heterocycles. The van der Waals surface area contributed by atoms with E-state index < -0.39 is 0 Å². The second-order valence-electron chi connectivity index (χ2n) is 2.60. The predicted octanol–water partition coefficient (Wildman–Crippen LogP) is 1.62. The minimum Gasteiger partial charge on any atom is -0.398 e. The maximum atomic E-state index is 8.61. The molecule has 0 spiro atoms. The fourth-order valence-electron chi connectivity index (χ4n) is 1.24. The number of anilines is 1. The molecule has 3 heteroatoms. The van der Waals surface area contributed by atoms with E-state index in [2.05, 4.69) is 4.98 Å². The zero-order chi connectivity index (χ0) is 8.55. The van der Waals surface area contributed by atoms with Crippen LogP contribution in [0.15, 0.2) is 24.3 Å². The van der Waals surface area contributed by atoms with Crippen LogP contribution in [0, 0.1) is 11.3 Å². The molecule has 0 atom stereocenters. The van der Waals surface area contributed by atoms with E-state index in [1.54, 1.807) is 6.07 Å². The second-order valence-corrected chi connectivity index (χ2v) is 2.60. The third kappa shape index (κ3) is 0.823. The monoisotopic (exact) mass is 157 g/mol. The molecule has 0 fully saturated rings. The average Bonchev–Trinajstić information content (AvgIpc) is 2.49. The second kappa shape index (κ2) is 2.28. The third-order valence-corrected chi connectivity index (χ3v) is 1.82. The Labute approximate surface area is 69.4 Å². The number of nitrogens with zero attached hydrogens (tertiary/aromatic N) is 1. The van der Waals surface area contributed by atoms with Crippen LogP contribution in [0.25, 0.3) is 10.9 Å². The summed E-state index contributed by atoms with van der Waals surface area (Å²) in [4.78, 5) is 2.94. The minimum atomic E-state index is 0.544. The lowest BCUT2D eigenvalue weighted by molar-refractivity contribution is 1.37. The summed E-state index contributed by atoms with van der Waals surface area (Å²) in [5.74, 6) is 0. The molecule has 0 aliphatic heterocycles. The summed E-state index contributed by atoms with van der Waals surface area (Å²) < 4.78 is 0.